The van der Waals surface area contributed by atoms with Crippen molar-refractivity contribution >= 4 is 33.3 Å². The van der Waals surface area contributed by atoms with Gasteiger partial charge in [-0.25, -0.2) is 0 Å². The van der Waals surface area contributed by atoms with Crippen LogP contribution in [0.4, 0.5) is 5.69 Å². The zero-order chi connectivity index (χ0) is 19.0. The van der Waals surface area contributed by atoms with Gasteiger partial charge in [0.15, 0.2) is 0 Å². The molecule has 0 unspecified atom stereocenters. The van der Waals surface area contributed by atoms with Gasteiger partial charge in [-0.2, -0.15) is 0 Å². The SMILES string of the molecule is CCN(C(=O)Cc1coc2cc(C)cc(C)c12)c1cccc2ccccc12. The van der Waals surface area contributed by atoms with Gasteiger partial charge in [0, 0.05) is 22.9 Å². The number of carbonyl (C=O) groups excluding carboxylic acids is 1. The monoisotopic (exact) mass is 357 g/mol. The minimum Gasteiger partial charge on any atom is -0.464 e. The summed E-state index contributed by atoms with van der Waals surface area (Å²) in [6.45, 7) is 6.77. The van der Waals surface area contributed by atoms with Crippen LogP contribution < -0.4 is 4.90 Å². The third-order valence-electron chi connectivity index (χ3n) is 5.11. The lowest BCUT2D eigenvalue weighted by molar-refractivity contribution is -0.117. The summed E-state index contributed by atoms with van der Waals surface area (Å²) in [6, 6.07) is 18.4. The molecule has 0 saturated heterocycles. The number of anilines is 1. The smallest absolute Gasteiger partial charge is 0.231 e. The van der Waals surface area contributed by atoms with Gasteiger partial charge in [0.25, 0.3) is 0 Å². The first kappa shape index (κ1) is 17.3. The van der Waals surface area contributed by atoms with Gasteiger partial charge in [-0.15, -0.1) is 0 Å². The number of fused-ring (bicyclic) bond motifs is 2. The molecule has 0 aliphatic carbocycles. The molecule has 4 rings (SSSR count). The van der Waals surface area contributed by atoms with E-state index in [0.717, 1.165) is 44.1 Å². The van der Waals surface area contributed by atoms with E-state index in [9.17, 15) is 4.79 Å². The summed E-state index contributed by atoms with van der Waals surface area (Å²) in [4.78, 5) is 15.1. The summed E-state index contributed by atoms with van der Waals surface area (Å²) in [6.07, 6.45) is 2.06. The summed E-state index contributed by atoms with van der Waals surface area (Å²) in [5, 5.41) is 3.29. The van der Waals surface area contributed by atoms with E-state index < -0.39 is 0 Å². The Morgan fingerprint density at radius 1 is 1.04 bits per heavy atom. The van der Waals surface area contributed by atoms with Crippen molar-refractivity contribution in [3.8, 4) is 0 Å². The molecule has 0 fully saturated rings. The van der Waals surface area contributed by atoms with E-state index in [4.69, 9.17) is 4.42 Å². The number of likely N-dealkylation sites (N-methyl/N-ethyl adjacent to an activating group) is 1. The first-order valence-corrected chi connectivity index (χ1v) is 9.34. The van der Waals surface area contributed by atoms with E-state index >= 15 is 0 Å². The maximum absolute atomic E-state index is 13.2. The molecule has 4 aromatic rings. The van der Waals surface area contributed by atoms with Crippen LogP contribution in [0.5, 0.6) is 0 Å². The van der Waals surface area contributed by atoms with Crippen LogP contribution in [-0.4, -0.2) is 12.5 Å². The van der Waals surface area contributed by atoms with Crippen LogP contribution in [-0.2, 0) is 11.2 Å². The molecule has 0 radical (unpaired) electrons. The first-order valence-electron chi connectivity index (χ1n) is 9.34. The van der Waals surface area contributed by atoms with E-state index in [2.05, 4.69) is 38.1 Å². The van der Waals surface area contributed by atoms with Gasteiger partial charge in [0.1, 0.15) is 5.58 Å². The van der Waals surface area contributed by atoms with Crippen LogP contribution in [0, 0.1) is 13.8 Å². The maximum atomic E-state index is 13.2. The molecule has 1 amide bonds. The van der Waals surface area contributed by atoms with Crippen molar-refractivity contribution in [2.24, 2.45) is 0 Å². The van der Waals surface area contributed by atoms with Crippen molar-refractivity contribution in [3.05, 3.63) is 77.6 Å². The predicted octanol–water partition coefficient (Wildman–Crippen LogP) is 5.80. The molecule has 0 aliphatic rings. The Labute approximate surface area is 159 Å². The molecule has 27 heavy (non-hydrogen) atoms. The summed E-state index contributed by atoms with van der Waals surface area (Å²) in [5.74, 6) is 0.0801. The molecule has 0 bridgehead atoms. The van der Waals surface area contributed by atoms with Crippen LogP contribution in [0.3, 0.4) is 0 Å². The number of nitrogens with zero attached hydrogens (tertiary/aromatic N) is 1. The summed E-state index contributed by atoms with van der Waals surface area (Å²) < 4.78 is 5.73. The van der Waals surface area contributed by atoms with Gasteiger partial charge in [0.2, 0.25) is 5.91 Å². The number of hydrogen-bond acceptors (Lipinski definition) is 2. The molecule has 3 nitrogen and oxygen atoms in total. The van der Waals surface area contributed by atoms with Gasteiger partial charge in [-0.3, -0.25) is 4.79 Å². The number of rotatable bonds is 4. The average molecular weight is 357 g/mol. The highest BCUT2D eigenvalue weighted by Gasteiger charge is 2.19. The zero-order valence-corrected chi connectivity index (χ0v) is 16.0. The molecular formula is C24H23NO2. The molecular weight excluding hydrogens is 334 g/mol. The van der Waals surface area contributed by atoms with E-state index in [1.54, 1.807) is 6.26 Å². The molecule has 0 spiro atoms. The first-order chi connectivity index (χ1) is 13.1. The van der Waals surface area contributed by atoms with Crippen LogP contribution in [0.25, 0.3) is 21.7 Å². The van der Waals surface area contributed by atoms with Crippen LogP contribution in [0.2, 0.25) is 0 Å². The number of amides is 1. The molecule has 136 valence electrons. The second-order valence-corrected chi connectivity index (χ2v) is 7.03. The van der Waals surface area contributed by atoms with Crippen molar-refractivity contribution in [2.75, 3.05) is 11.4 Å². The lowest BCUT2D eigenvalue weighted by Crippen LogP contribution is -2.32. The van der Waals surface area contributed by atoms with Gasteiger partial charge in [0.05, 0.1) is 18.4 Å². The third kappa shape index (κ3) is 3.10. The van der Waals surface area contributed by atoms with Gasteiger partial charge in [-0.05, 0) is 49.4 Å². The highest BCUT2D eigenvalue weighted by molar-refractivity contribution is 6.05. The van der Waals surface area contributed by atoms with Crippen LogP contribution >= 0.6 is 0 Å². The van der Waals surface area contributed by atoms with Crippen molar-refractivity contribution in [1.29, 1.82) is 0 Å². The Kier molecular flexibility index (Phi) is 4.44. The molecule has 0 saturated carbocycles. The highest BCUT2D eigenvalue weighted by Crippen LogP contribution is 2.30. The van der Waals surface area contributed by atoms with Gasteiger partial charge in [-0.1, -0.05) is 42.5 Å². The van der Waals surface area contributed by atoms with Gasteiger partial charge >= 0.3 is 0 Å². The number of furan rings is 1. The molecule has 0 aliphatic heterocycles. The van der Waals surface area contributed by atoms with Gasteiger partial charge < -0.3 is 9.32 Å². The highest BCUT2D eigenvalue weighted by atomic mass is 16.3. The van der Waals surface area contributed by atoms with Crippen molar-refractivity contribution < 1.29 is 9.21 Å². The third-order valence-corrected chi connectivity index (χ3v) is 5.11. The number of carbonyl (C=O) groups is 1. The molecule has 3 aromatic carbocycles. The Morgan fingerprint density at radius 3 is 2.63 bits per heavy atom. The Hall–Kier alpha value is -3.07. The molecule has 1 aromatic heterocycles. The average Bonchev–Trinajstić information content (AvgIpc) is 3.05. The maximum Gasteiger partial charge on any atom is 0.231 e. The fraction of sp³-hybridized carbons (Fsp3) is 0.208. The lowest BCUT2D eigenvalue weighted by atomic mass is 10.0. The second kappa shape index (κ2) is 6.92. The fourth-order valence-electron chi connectivity index (χ4n) is 3.94. The van der Waals surface area contributed by atoms with Crippen LogP contribution in [0.1, 0.15) is 23.6 Å². The molecule has 3 heteroatoms. The summed E-state index contributed by atoms with van der Waals surface area (Å²) >= 11 is 0. The molecule has 0 N–H and O–H groups in total. The largest absolute Gasteiger partial charge is 0.464 e. The summed E-state index contributed by atoms with van der Waals surface area (Å²) in [7, 11) is 0. The standard InChI is InChI=1S/C24H23NO2/c1-4-25(21-11-7-9-18-8-5-6-10-20(18)21)23(26)14-19-15-27-22-13-16(2)12-17(3)24(19)22/h5-13,15H,4,14H2,1-3H3. The Bertz CT molecular complexity index is 1130. The van der Waals surface area contributed by atoms with Crippen molar-refractivity contribution in [1.82, 2.24) is 0 Å². The van der Waals surface area contributed by atoms with E-state index in [-0.39, 0.29) is 5.91 Å². The van der Waals surface area contributed by atoms with Crippen molar-refractivity contribution in [2.45, 2.75) is 27.2 Å². The van der Waals surface area contributed by atoms with E-state index in [0.29, 0.717) is 13.0 Å². The lowest BCUT2D eigenvalue weighted by Gasteiger charge is -2.23. The summed E-state index contributed by atoms with van der Waals surface area (Å²) in [5.41, 5.74) is 5.07. The Morgan fingerprint density at radius 2 is 1.81 bits per heavy atom. The number of hydrogen-bond donors (Lipinski definition) is 0. The zero-order valence-electron chi connectivity index (χ0n) is 16.0. The topological polar surface area (TPSA) is 33.5 Å². The predicted molar refractivity (Wildman–Crippen MR) is 111 cm³/mol. The second-order valence-electron chi connectivity index (χ2n) is 7.03. The normalized spacial score (nSPS) is 11.2. The molecule has 0 atom stereocenters. The minimum atomic E-state index is 0.0801. The quantitative estimate of drug-likeness (QED) is 0.462. The minimum absolute atomic E-state index is 0.0801. The number of aryl methyl sites for hydroxylation is 2. The van der Waals surface area contributed by atoms with E-state index in [1.165, 1.54) is 0 Å². The van der Waals surface area contributed by atoms with Crippen molar-refractivity contribution in [3.63, 3.8) is 0 Å². The molecule has 1 heterocycles. The Balaban J connectivity index is 1.71. The fourth-order valence-corrected chi connectivity index (χ4v) is 3.94. The number of benzene rings is 3. The van der Waals surface area contributed by atoms with Crippen LogP contribution in [0.15, 0.2) is 65.3 Å². The van der Waals surface area contributed by atoms with E-state index in [1.807, 2.05) is 42.2 Å².